The standard InChI is InChI=1S/C23H16N2O8/c26-17-13-7-1-2-8-14(13)18(27)24(17)12-6-5-11-23(21(30)31,22(32)33)25-19(28)15-9-3-4-10-16(15)20(25)29/h1-10H,11-12H2,(H,30,31)(H,32,33). The predicted octanol–water partition coefficient (Wildman–Crippen LogP) is 1.43. The van der Waals surface area contributed by atoms with Crippen molar-refractivity contribution in [2.45, 2.75) is 12.0 Å². The van der Waals surface area contributed by atoms with Crippen LogP contribution in [-0.4, -0.2) is 67.7 Å². The Morgan fingerprint density at radius 2 is 1.09 bits per heavy atom. The lowest BCUT2D eigenvalue weighted by molar-refractivity contribution is -0.163. The van der Waals surface area contributed by atoms with Crippen LogP contribution < -0.4 is 0 Å². The van der Waals surface area contributed by atoms with Crippen LogP contribution in [0, 0.1) is 0 Å². The summed E-state index contributed by atoms with van der Waals surface area (Å²) >= 11 is 0. The Hall–Kier alpha value is -4.60. The highest BCUT2D eigenvalue weighted by atomic mass is 16.4. The smallest absolute Gasteiger partial charge is 0.342 e. The molecule has 0 aliphatic carbocycles. The number of benzene rings is 2. The van der Waals surface area contributed by atoms with Crippen LogP contribution >= 0.6 is 0 Å². The summed E-state index contributed by atoms with van der Waals surface area (Å²) in [6.45, 7) is -0.246. The molecule has 0 fully saturated rings. The summed E-state index contributed by atoms with van der Waals surface area (Å²) in [5.74, 6) is -6.96. The second-order valence-corrected chi connectivity index (χ2v) is 7.40. The van der Waals surface area contributed by atoms with E-state index in [0.29, 0.717) is 0 Å². The van der Waals surface area contributed by atoms with Crippen molar-refractivity contribution in [2.24, 2.45) is 0 Å². The molecule has 0 spiro atoms. The zero-order valence-electron chi connectivity index (χ0n) is 16.9. The molecule has 0 atom stereocenters. The molecule has 2 N–H and O–H groups in total. The molecule has 2 aromatic rings. The number of nitrogens with zero attached hydrogens (tertiary/aromatic N) is 2. The summed E-state index contributed by atoms with van der Waals surface area (Å²) in [5, 5.41) is 19.6. The second-order valence-electron chi connectivity index (χ2n) is 7.40. The van der Waals surface area contributed by atoms with Gasteiger partial charge in [-0.05, 0) is 24.3 Å². The highest BCUT2D eigenvalue weighted by Crippen LogP contribution is 2.33. The molecule has 0 saturated carbocycles. The van der Waals surface area contributed by atoms with Gasteiger partial charge in [0.2, 0.25) is 5.54 Å². The van der Waals surface area contributed by atoms with E-state index >= 15 is 0 Å². The monoisotopic (exact) mass is 448 g/mol. The summed E-state index contributed by atoms with van der Waals surface area (Å²) in [6, 6.07) is 11.8. The van der Waals surface area contributed by atoms with Crippen molar-refractivity contribution in [3.8, 4) is 0 Å². The van der Waals surface area contributed by atoms with Gasteiger partial charge < -0.3 is 10.2 Å². The Bertz CT molecular complexity index is 1190. The average Bonchev–Trinajstić information content (AvgIpc) is 3.19. The number of carboxylic acid groups (broad SMARTS) is 2. The molecular formula is C23H16N2O8. The van der Waals surface area contributed by atoms with Crippen LogP contribution in [0.4, 0.5) is 0 Å². The maximum atomic E-state index is 12.8. The van der Waals surface area contributed by atoms with Crippen molar-refractivity contribution >= 4 is 35.6 Å². The number of carbonyl (C=O) groups is 6. The molecule has 33 heavy (non-hydrogen) atoms. The van der Waals surface area contributed by atoms with Gasteiger partial charge in [0.25, 0.3) is 23.6 Å². The minimum absolute atomic E-state index is 0.0932. The number of amides is 4. The molecule has 2 aliphatic heterocycles. The Morgan fingerprint density at radius 3 is 1.48 bits per heavy atom. The predicted molar refractivity (Wildman–Crippen MR) is 111 cm³/mol. The molecule has 2 aliphatic rings. The van der Waals surface area contributed by atoms with Gasteiger partial charge in [-0.2, -0.15) is 0 Å². The number of carboxylic acids is 2. The van der Waals surface area contributed by atoms with E-state index in [2.05, 4.69) is 0 Å². The van der Waals surface area contributed by atoms with Crippen molar-refractivity contribution < 1.29 is 39.0 Å². The second kappa shape index (κ2) is 7.83. The first-order valence-electron chi connectivity index (χ1n) is 9.76. The fourth-order valence-electron chi connectivity index (χ4n) is 3.92. The summed E-state index contributed by atoms with van der Waals surface area (Å²) < 4.78 is 0. The fourth-order valence-corrected chi connectivity index (χ4v) is 3.92. The molecular weight excluding hydrogens is 432 g/mol. The number of hydrogen-bond donors (Lipinski definition) is 2. The number of hydrogen-bond acceptors (Lipinski definition) is 6. The van der Waals surface area contributed by atoms with Gasteiger partial charge in [-0.1, -0.05) is 36.4 Å². The van der Waals surface area contributed by atoms with Crippen LogP contribution in [-0.2, 0) is 9.59 Å². The lowest BCUT2D eigenvalue weighted by Gasteiger charge is -2.31. The van der Waals surface area contributed by atoms with E-state index in [0.717, 1.165) is 11.0 Å². The van der Waals surface area contributed by atoms with E-state index in [4.69, 9.17) is 0 Å². The van der Waals surface area contributed by atoms with Crippen LogP contribution in [0.1, 0.15) is 47.9 Å². The molecule has 0 saturated heterocycles. The van der Waals surface area contributed by atoms with Gasteiger partial charge >= 0.3 is 11.9 Å². The minimum atomic E-state index is -2.91. The van der Waals surface area contributed by atoms with Gasteiger partial charge in [0.05, 0.1) is 22.3 Å². The molecule has 0 radical (unpaired) electrons. The first-order chi connectivity index (χ1) is 15.7. The maximum Gasteiger partial charge on any atom is 0.342 e. The van der Waals surface area contributed by atoms with Gasteiger partial charge in [-0.15, -0.1) is 0 Å². The van der Waals surface area contributed by atoms with Crippen LogP contribution in [0.3, 0.4) is 0 Å². The van der Waals surface area contributed by atoms with Gasteiger partial charge in [-0.3, -0.25) is 24.1 Å². The quantitative estimate of drug-likeness (QED) is 0.367. The largest absolute Gasteiger partial charge is 0.479 e. The molecule has 2 heterocycles. The highest BCUT2D eigenvalue weighted by molar-refractivity contribution is 6.26. The van der Waals surface area contributed by atoms with Crippen molar-refractivity contribution in [3.05, 3.63) is 82.9 Å². The highest BCUT2D eigenvalue weighted by Gasteiger charge is 2.59. The van der Waals surface area contributed by atoms with Crippen LogP contribution in [0.2, 0.25) is 0 Å². The van der Waals surface area contributed by atoms with Crippen molar-refractivity contribution in [2.75, 3.05) is 6.54 Å². The van der Waals surface area contributed by atoms with Crippen LogP contribution in [0.5, 0.6) is 0 Å². The molecule has 10 nitrogen and oxygen atoms in total. The molecule has 4 amide bonds. The molecule has 0 aromatic heterocycles. The van der Waals surface area contributed by atoms with E-state index in [1.807, 2.05) is 0 Å². The van der Waals surface area contributed by atoms with Crippen LogP contribution in [0.15, 0.2) is 60.7 Å². The van der Waals surface area contributed by atoms with Crippen molar-refractivity contribution in [1.29, 1.82) is 0 Å². The fraction of sp³-hybridized carbons (Fsp3) is 0.130. The third-order valence-electron chi connectivity index (χ3n) is 5.63. The number of carbonyl (C=O) groups excluding carboxylic acids is 4. The first-order valence-corrected chi connectivity index (χ1v) is 9.76. The SMILES string of the molecule is O=C1c2ccccc2C(=O)N1CC=CCC(C(=O)O)(C(=O)O)N1C(=O)c2ccccc2C1=O. The topological polar surface area (TPSA) is 149 Å². The molecule has 166 valence electrons. The van der Waals surface area contributed by atoms with Crippen LogP contribution in [0.25, 0.3) is 0 Å². The Balaban J connectivity index is 1.60. The van der Waals surface area contributed by atoms with Crippen molar-refractivity contribution in [1.82, 2.24) is 9.80 Å². The summed E-state index contributed by atoms with van der Waals surface area (Å²) in [6.07, 6.45) is 1.60. The van der Waals surface area contributed by atoms with E-state index in [1.165, 1.54) is 42.5 Å². The Kier molecular flexibility index (Phi) is 5.13. The third kappa shape index (κ3) is 3.11. The van der Waals surface area contributed by atoms with Gasteiger partial charge in [0, 0.05) is 13.0 Å². The number of rotatable bonds is 7. The number of imide groups is 2. The van der Waals surface area contributed by atoms with E-state index in [9.17, 15) is 39.0 Å². The minimum Gasteiger partial charge on any atom is -0.479 e. The lowest BCUT2D eigenvalue weighted by atomic mass is 9.92. The number of aliphatic carboxylic acids is 2. The van der Waals surface area contributed by atoms with E-state index in [-0.39, 0.29) is 33.7 Å². The zero-order chi connectivity index (χ0) is 23.9. The molecule has 4 rings (SSSR count). The van der Waals surface area contributed by atoms with Gasteiger partial charge in [-0.25, -0.2) is 14.5 Å². The van der Waals surface area contributed by atoms with Gasteiger partial charge in [0.1, 0.15) is 0 Å². The molecule has 10 heteroatoms. The first kappa shape index (κ1) is 21.6. The Morgan fingerprint density at radius 1 is 0.697 bits per heavy atom. The van der Waals surface area contributed by atoms with Gasteiger partial charge in [0.15, 0.2) is 0 Å². The average molecular weight is 448 g/mol. The summed E-state index contributed by atoms with van der Waals surface area (Å²) in [5.41, 5.74) is -2.64. The molecule has 0 unspecified atom stereocenters. The summed E-state index contributed by atoms with van der Waals surface area (Å²) in [4.78, 5) is 75.8. The normalized spacial score (nSPS) is 15.4. The Labute approximate surface area is 186 Å². The summed E-state index contributed by atoms with van der Waals surface area (Å²) in [7, 11) is 0. The molecule has 0 bridgehead atoms. The van der Waals surface area contributed by atoms with Crippen molar-refractivity contribution in [3.63, 3.8) is 0 Å². The number of fused-ring (bicyclic) bond motifs is 2. The maximum absolute atomic E-state index is 12.8. The third-order valence-corrected chi connectivity index (χ3v) is 5.63. The molecule has 2 aromatic carbocycles. The van der Waals surface area contributed by atoms with E-state index in [1.54, 1.807) is 12.1 Å². The lowest BCUT2D eigenvalue weighted by Crippen LogP contribution is -2.62. The zero-order valence-corrected chi connectivity index (χ0v) is 16.9. The van der Waals surface area contributed by atoms with E-state index < -0.39 is 47.5 Å².